The van der Waals surface area contributed by atoms with Crippen molar-refractivity contribution in [3.8, 4) is 11.4 Å². The van der Waals surface area contributed by atoms with Gasteiger partial charge in [-0.3, -0.25) is 4.40 Å². The number of aromatic amines is 1. The third-order valence-electron chi connectivity index (χ3n) is 3.22. The predicted molar refractivity (Wildman–Crippen MR) is 72.8 cm³/mol. The van der Waals surface area contributed by atoms with E-state index in [2.05, 4.69) is 25.1 Å². The van der Waals surface area contributed by atoms with Gasteiger partial charge in [-0.25, -0.2) is 14.8 Å². The van der Waals surface area contributed by atoms with Crippen LogP contribution in [-0.4, -0.2) is 40.6 Å². The first-order chi connectivity index (χ1) is 10.2. The van der Waals surface area contributed by atoms with Gasteiger partial charge in [-0.15, -0.1) is 10.2 Å². The number of H-pyrrole nitrogens is 1. The summed E-state index contributed by atoms with van der Waals surface area (Å²) < 4.78 is 1.73. The van der Waals surface area contributed by atoms with Gasteiger partial charge in [0.1, 0.15) is 11.8 Å². The number of aromatic nitrogens is 6. The molecular formula is C13H8N6O2. The number of hydrogen-bond donors (Lipinski definition) is 2. The zero-order valence-corrected chi connectivity index (χ0v) is 10.6. The smallest absolute Gasteiger partial charge is 0.335 e. The minimum atomic E-state index is -0.964. The lowest BCUT2D eigenvalue weighted by atomic mass is 10.1. The Labute approximate surface area is 117 Å². The van der Waals surface area contributed by atoms with Crippen molar-refractivity contribution >= 4 is 22.8 Å². The van der Waals surface area contributed by atoms with E-state index >= 15 is 0 Å². The van der Waals surface area contributed by atoms with E-state index in [0.717, 1.165) is 5.56 Å². The van der Waals surface area contributed by atoms with E-state index in [-0.39, 0.29) is 5.56 Å². The highest BCUT2D eigenvalue weighted by molar-refractivity contribution is 5.88. The number of carboxylic acids is 1. The van der Waals surface area contributed by atoms with E-state index in [0.29, 0.717) is 22.6 Å². The number of hydrogen-bond acceptors (Lipinski definition) is 5. The van der Waals surface area contributed by atoms with Crippen LogP contribution in [0.1, 0.15) is 10.4 Å². The maximum atomic E-state index is 10.9. The SMILES string of the molecule is O=C(O)c1ccc(-c2nnc3c4[nH]cnc4ncn23)cc1. The molecule has 0 aliphatic carbocycles. The molecule has 1 aromatic carbocycles. The van der Waals surface area contributed by atoms with Gasteiger partial charge in [0.2, 0.25) is 0 Å². The van der Waals surface area contributed by atoms with Crippen molar-refractivity contribution in [2.45, 2.75) is 0 Å². The topological polar surface area (TPSA) is 109 Å². The maximum Gasteiger partial charge on any atom is 0.335 e. The first kappa shape index (κ1) is 11.5. The number of imidazole rings is 1. The van der Waals surface area contributed by atoms with Gasteiger partial charge >= 0.3 is 5.97 Å². The Hall–Kier alpha value is -3.29. The van der Waals surface area contributed by atoms with E-state index in [1.54, 1.807) is 29.2 Å². The Kier molecular flexibility index (Phi) is 2.25. The molecule has 4 aromatic rings. The molecule has 0 amide bonds. The van der Waals surface area contributed by atoms with E-state index in [4.69, 9.17) is 5.11 Å². The number of carboxylic acid groups (broad SMARTS) is 1. The molecule has 0 spiro atoms. The third-order valence-corrected chi connectivity index (χ3v) is 3.22. The quantitative estimate of drug-likeness (QED) is 0.574. The van der Waals surface area contributed by atoms with Crippen LogP contribution >= 0.6 is 0 Å². The summed E-state index contributed by atoms with van der Waals surface area (Å²) in [6, 6.07) is 6.44. The van der Waals surface area contributed by atoms with Crippen LogP contribution in [0.5, 0.6) is 0 Å². The van der Waals surface area contributed by atoms with E-state index in [9.17, 15) is 4.79 Å². The largest absolute Gasteiger partial charge is 0.478 e. The van der Waals surface area contributed by atoms with Crippen LogP contribution in [0.2, 0.25) is 0 Å². The standard InChI is InChI=1S/C13H8N6O2/c20-13(21)8-3-1-7(2-4-8)11-17-18-12-9-10(15-5-14-9)16-6-19(11)12/h1-6H,(H,14,15)(H,20,21). The average Bonchev–Trinajstić information content (AvgIpc) is 3.13. The number of nitrogens with zero attached hydrogens (tertiary/aromatic N) is 5. The molecule has 0 unspecified atom stereocenters. The monoisotopic (exact) mass is 280 g/mol. The maximum absolute atomic E-state index is 10.9. The average molecular weight is 280 g/mol. The minimum Gasteiger partial charge on any atom is -0.478 e. The van der Waals surface area contributed by atoms with E-state index in [1.165, 1.54) is 12.1 Å². The Balaban J connectivity index is 1.91. The molecule has 21 heavy (non-hydrogen) atoms. The zero-order chi connectivity index (χ0) is 14.4. The van der Waals surface area contributed by atoms with Gasteiger partial charge in [-0.2, -0.15) is 0 Å². The molecule has 0 aliphatic heterocycles. The summed E-state index contributed by atoms with van der Waals surface area (Å²) in [5, 5.41) is 17.2. The van der Waals surface area contributed by atoms with Crippen LogP contribution in [0.25, 0.3) is 28.2 Å². The minimum absolute atomic E-state index is 0.224. The van der Waals surface area contributed by atoms with Crippen LogP contribution < -0.4 is 0 Å². The van der Waals surface area contributed by atoms with Crippen LogP contribution in [0.4, 0.5) is 0 Å². The van der Waals surface area contributed by atoms with Gasteiger partial charge < -0.3 is 10.1 Å². The lowest BCUT2D eigenvalue weighted by molar-refractivity contribution is 0.0697. The van der Waals surface area contributed by atoms with Crippen molar-refractivity contribution in [1.82, 2.24) is 29.5 Å². The van der Waals surface area contributed by atoms with Crippen molar-refractivity contribution in [2.75, 3.05) is 0 Å². The summed E-state index contributed by atoms with van der Waals surface area (Å²) in [7, 11) is 0. The summed E-state index contributed by atoms with van der Waals surface area (Å²) in [5.41, 5.74) is 2.88. The fraction of sp³-hybridized carbons (Fsp3) is 0. The van der Waals surface area contributed by atoms with Crippen molar-refractivity contribution in [3.63, 3.8) is 0 Å². The molecule has 8 nitrogen and oxygen atoms in total. The molecular weight excluding hydrogens is 272 g/mol. The number of fused-ring (bicyclic) bond motifs is 3. The number of rotatable bonds is 2. The summed E-state index contributed by atoms with van der Waals surface area (Å²) in [6.45, 7) is 0. The molecule has 0 bridgehead atoms. The second kappa shape index (κ2) is 4.10. The highest BCUT2D eigenvalue weighted by atomic mass is 16.4. The van der Waals surface area contributed by atoms with Crippen LogP contribution in [0.15, 0.2) is 36.9 Å². The molecule has 4 rings (SSSR count). The lowest BCUT2D eigenvalue weighted by Crippen LogP contribution is -1.96. The summed E-state index contributed by atoms with van der Waals surface area (Å²) in [5.74, 6) is -0.376. The van der Waals surface area contributed by atoms with Gasteiger partial charge in [0.25, 0.3) is 0 Å². The molecule has 102 valence electrons. The number of carbonyl (C=O) groups is 1. The molecule has 0 radical (unpaired) electrons. The Morgan fingerprint density at radius 1 is 1.14 bits per heavy atom. The first-order valence-electron chi connectivity index (χ1n) is 6.10. The second-order valence-electron chi connectivity index (χ2n) is 4.45. The van der Waals surface area contributed by atoms with Crippen LogP contribution in [0.3, 0.4) is 0 Å². The summed E-state index contributed by atoms with van der Waals surface area (Å²) in [4.78, 5) is 22.1. The number of benzene rings is 1. The van der Waals surface area contributed by atoms with Crippen molar-refractivity contribution in [2.24, 2.45) is 0 Å². The van der Waals surface area contributed by atoms with Gasteiger partial charge in [-0.05, 0) is 12.1 Å². The summed E-state index contributed by atoms with van der Waals surface area (Å²) >= 11 is 0. The molecule has 0 atom stereocenters. The van der Waals surface area contributed by atoms with Gasteiger partial charge in [0.15, 0.2) is 17.1 Å². The zero-order valence-electron chi connectivity index (χ0n) is 10.6. The van der Waals surface area contributed by atoms with Gasteiger partial charge in [-0.1, -0.05) is 12.1 Å². The van der Waals surface area contributed by atoms with Crippen molar-refractivity contribution in [3.05, 3.63) is 42.5 Å². The first-order valence-corrected chi connectivity index (χ1v) is 6.10. The predicted octanol–water partition coefficient (Wildman–Crippen LogP) is 1.37. The van der Waals surface area contributed by atoms with Gasteiger partial charge in [0, 0.05) is 5.56 Å². The van der Waals surface area contributed by atoms with Crippen molar-refractivity contribution in [1.29, 1.82) is 0 Å². The number of nitrogens with one attached hydrogen (secondary N) is 1. The molecule has 8 heteroatoms. The molecule has 0 saturated carbocycles. The van der Waals surface area contributed by atoms with Gasteiger partial charge in [0.05, 0.1) is 11.9 Å². The Bertz CT molecular complexity index is 969. The fourth-order valence-electron chi connectivity index (χ4n) is 2.19. The Morgan fingerprint density at radius 2 is 1.95 bits per heavy atom. The molecule has 0 fully saturated rings. The number of aromatic carboxylic acids is 1. The molecule has 0 aliphatic rings. The normalized spacial score (nSPS) is 11.2. The lowest BCUT2D eigenvalue weighted by Gasteiger charge is -2.00. The summed E-state index contributed by atoms with van der Waals surface area (Å²) in [6.07, 6.45) is 3.15. The van der Waals surface area contributed by atoms with Crippen LogP contribution in [-0.2, 0) is 0 Å². The Morgan fingerprint density at radius 3 is 2.71 bits per heavy atom. The van der Waals surface area contributed by atoms with E-state index in [1.807, 2.05) is 0 Å². The third kappa shape index (κ3) is 1.66. The van der Waals surface area contributed by atoms with Crippen LogP contribution in [0, 0.1) is 0 Å². The molecule has 2 N–H and O–H groups in total. The second-order valence-corrected chi connectivity index (χ2v) is 4.45. The van der Waals surface area contributed by atoms with E-state index < -0.39 is 5.97 Å². The van der Waals surface area contributed by atoms with Crippen molar-refractivity contribution < 1.29 is 9.90 Å². The molecule has 3 heterocycles. The highest BCUT2D eigenvalue weighted by Crippen LogP contribution is 2.21. The molecule has 0 saturated heterocycles. The highest BCUT2D eigenvalue weighted by Gasteiger charge is 2.13. The molecule has 3 aromatic heterocycles. The fourth-order valence-corrected chi connectivity index (χ4v) is 2.19.